The van der Waals surface area contributed by atoms with E-state index in [0.717, 1.165) is 12.1 Å². The van der Waals surface area contributed by atoms with Gasteiger partial charge in [0.15, 0.2) is 6.29 Å². The zero-order chi connectivity index (χ0) is 15.6. The fourth-order valence-corrected chi connectivity index (χ4v) is 2.05. The molecule has 0 fully saturated rings. The molecule has 0 saturated heterocycles. The van der Waals surface area contributed by atoms with Crippen LogP contribution >= 0.6 is 27.5 Å². The smallest absolute Gasteiger partial charge is 0.312 e. The Balaban J connectivity index is 2.53. The van der Waals surface area contributed by atoms with Gasteiger partial charge < -0.3 is 4.74 Å². The zero-order valence-corrected chi connectivity index (χ0v) is 12.5. The lowest BCUT2D eigenvalue weighted by Crippen LogP contribution is -1.97. The van der Waals surface area contributed by atoms with Crippen molar-refractivity contribution in [2.45, 2.75) is 0 Å². The van der Waals surface area contributed by atoms with Gasteiger partial charge in [-0.05, 0) is 28.1 Å². The van der Waals surface area contributed by atoms with E-state index in [2.05, 4.69) is 15.9 Å². The van der Waals surface area contributed by atoms with Crippen molar-refractivity contribution >= 4 is 39.5 Å². The lowest BCUT2D eigenvalue weighted by atomic mass is 10.2. The van der Waals surface area contributed by atoms with Crippen LogP contribution in [0.2, 0.25) is 5.02 Å². The second-order valence-electron chi connectivity index (χ2n) is 3.89. The standard InChI is InChI=1S/C13H6BrClFNO4/c14-9-4-11(17(19)20)13(5-10(9)16)21-12-3-8(15)2-1-7(12)6-18/h1-6H. The maximum Gasteiger partial charge on any atom is 0.312 e. The molecule has 2 rings (SSSR count). The Morgan fingerprint density at radius 1 is 1.29 bits per heavy atom. The van der Waals surface area contributed by atoms with Gasteiger partial charge in [-0.15, -0.1) is 0 Å². The molecular formula is C13H6BrClFNO4. The molecule has 0 atom stereocenters. The molecule has 0 aliphatic heterocycles. The number of nitrogens with zero attached hydrogens (tertiary/aromatic N) is 1. The molecule has 5 nitrogen and oxygen atoms in total. The van der Waals surface area contributed by atoms with E-state index in [0.29, 0.717) is 6.29 Å². The fraction of sp³-hybridized carbons (Fsp3) is 0. The summed E-state index contributed by atoms with van der Waals surface area (Å²) in [5.74, 6) is -1.06. The van der Waals surface area contributed by atoms with Gasteiger partial charge in [-0.2, -0.15) is 0 Å². The molecule has 0 N–H and O–H groups in total. The summed E-state index contributed by atoms with van der Waals surface area (Å²) in [5, 5.41) is 11.3. The Morgan fingerprint density at radius 2 is 2.00 bits per heavy atom. The van der Waals surface area contributed by atoms with Gasteiger partial charge in [-0.1, -0.05) is 11.6 Å². The number of carbonyl (C=O) groups is 1. The highest BCUT2D eigenvalue weighted by molar-refractivity contribution is 9.10. The number of nitro benzene ring substituents is 1. The van der Waals surface area contributed by atoms with Crippen molar-refractivity contribution in [1.29, 1.82) is 0 Å². The molecule has 0 amide bonds. The van der Waals surface area contributed by atoms with Crippen molar-refractivity contribution in [1.82, 2.24) is 0 Å². The molecule has 0 heterocycles. The Hall–Kier alpha value is -1.99. The number of aldehydes is 1. The molecule has 0 saturated carbocycles. The topological polar surface area (TPSA) is 69.4 Å². The summed E-state index contributed by atoms with van der Waals surface area (Å²) in [6.45, 7) is 0. The Bertz CT molecular complexity index is 738. The highest BCUT2D eigenvalue weighted by Gasteiger charge is 2.20. The highest BCUT2D eigenvalue weighted by Crippen LogP contribution is 2.37. The number of hydrogen-bond donors (Lipinski definition) is 0. The van der Waals surface area contributed by atoms with E-state index in [1.807, 2.05) is 0 Å². The minimum atomic E-state index is -0.731. The third-order valence-electron chi connectivity index (χ3n) is 2.52. The van der Waals surface area contributed by atoms with Gasteiger partial charge in [0.05, 0.1) is 15.0 Å². The first kappa shape index (κ1) is 15.4. The van der Waals surface area contributed by atoms with Crippen molar-refractivity contribution in [2.24, 2.45) is 0 Å². The van der Waals surface area contributed by atoms with E-state index in [9.17, 15) is 19.3 Å². The number of ether oxygens (including phenoxy) is 1. The molecule has 0 unspecified atom stereocenters. The van der Waals surface area contributed by atoms with Crippen LogP contribution in [0.4, 0.5) is 10.1 Å². The number of carbonyl (C=O) groups excluding carboxylic acids is 1. The largest absolute Gasteiger partial charge is 0.449 e. The third-order valence-corrected chi connectivity index (χ3v) is 3.36. The van der Waals surface area contributed by atoms with E-state index in [1.54, 1.807) is 0 Å². The van der Waals surface area contributed by atoms with Crippen LogP contribution in [0.25, 0.3) is 0 Å². The predicted molar refractivity (Wildman–Crippen MR) is 77.7 cm³/mol. The van der Waals surface area contributed by atoms with Gasteiger partial charge in [-0.3, -0.25) is 14.9 Å². The van der Waals surface area contributed by atoms with Crippen molar-refractivity contribution in [3.8, 4) is 11.5 Å². The maximum absolute atomic E-state index is 13.5. The predicted octanol–water partition coefficient (Wildman–Crippen LogP) is 4.75. The molecule has 21 heavy (non-hydrogen) atoms. The maximum atomic E-state index is 13.5. The monoisotopic (exact) mass is 373 g/mol. The van der Waals surface area contributed by atoms with E-state index in [1.165, 1.54) is 18.2 Å². The second-order valence-corrected chi connectivity index (χ2v) is 5.18. The van der Waals surface area contributed by atoms with Crippen molar-refractivity contribution in [3.05, 3.63) is 61.3 Å². The summed E-state index contributed by atoms with van der Waals surface area (Å²) < 4.78 is 18.8. The number of hydrogen-bond acceptors (Lipinski definition) is 4. The van der Waals surface area contributed by atoms with Crippen LogP contribution in [0.5, 0.6) is 11.5 Å². The summed E-state index contributed by atoms with van der Waals surface area (Å²) in [4.78, 5) is 21.2. The molecule has 108 valence electrons. The highest BCUT2D eigenvalue weighted by atomic mass is 79.9. The number of benzene rings is 2. The first-order valence-corrected chi connectivity index (χ1v) is 6.65. The SMILES string of the molecule is O=Cc1ccc(Cl)cc1Oc1cc(F)c(Br)cc1[N+](=O)[O-]. The third kappa shape index (κ3) is 3.37. The lowest BCUT2D eigenvalue weighted by Gasteiger charge is -2.09. The minimum absolute atomic E-state index is 0.00215. The van der Waals surface area contributed by atoms with E-state index < -0.39 is 16.4 Å². The fourth-order valence-electron chi connectivity index (χ4n) is 1.55. The van der Waals surface area contributed by atoms with E-state index in [4.69, 9.17) is 16.3 Å². The minimum Gasteiger partial charge on any atom is -0.449 e. The van der Waals surface area contributed by atoms with Crippen LogP contribution in [0.1, 0.15) is 10.4 Å². The van der Waals surface area contributed by atoms with Crippen molar-refractivity contribution in [3.63, 3.8) is 0 Å². The van der Waals surface area contributed by atoms with Crippen LogP contribution in [0, 0.1) is 15.9 Å². The number of halogens is 3. The lowest BCUT2D eigenvalue weighted by molar-refractivity contribution is -0.385. The summed E-state index contributed by atoms with van der Waals surface area (Å²) in [5.41, 5.74) is -0.308. The molecule has 2 aromatic rings. The second kappa shape index (κ2) is 6.19. The molecular weight excluding hydrogens is 369 g/mol. The van der Waals surface area contributed by atoms with Crippen LogP contribution < -0.4 is 4.74 Å². The normalized spacial score (nSPS) is 10.2. The molecule has 0 spiro atoms. The van der Waals surface area contributed by atoms with E-state index >= 15 is 0 Å². The van der Waals surface area contributed by atoms with Crippen LogP contribution in [0.15, 0.2) is 34.8 Å². The van der Waals surface area contributed by atoms with Gasteiger partial charge >= 0.3 is 5.69 Å². The van der Waals surface area contributed by atoms with Gasteiger partial charge in [0.2, 0.25) is 5.75 Å². The van der Waals surface area contributed by atoms with Gasteiger partial charge in [0.25, 0.3) is 0 Å². The molecule has 0 radical (unpaired) electrons. The summed E-state index contributed by atoms with van der Waals surface area (Å²) in [6.07, 6.45) is 0.507. The molecule has 8 heteroatoms. The van der Waals surface area contributed by atoms with Gasteiger partial charge in [-0.25, -0.2) is 4.39 Å². The molecule has 0 aliphatic rings. The summed E-state index contributed by atoms with van der Waals surface area (Å²) >= 11 is 8.65. The molecule has 2 aromatic carbocycles. The van der Waals surface area contributed by atoms with Crippen LogP contribution in [-0.4, -0.2) is 11.2 Å². The number of nitro groups is 1. The number of rotatable bonds is 4. The molecule has 0 bridgehead atoms. The Labute approximate surface area is 131 Å². The van der Waals surface area contributed by atoms with Gasteiger partial charge in [0, 0.05) is 23.2 Å². The van der Waals surface area contributed by atoms with Crippen LogP contribution in [0.3, 0.4) is 0 Å². The Morgan fingerprint density at radius 3 is 2.62 bits per heavy atom. The molecule has 0 aliphatic carbocycles. The molecule has 0 aromatic heterocycles. The Kier molecular flexibility index (Phi) is 4.54. The van der Waals surface area contributed by atoms with E-state index in [-0.39, 0.29) is 26.6 Å². The van der Waals surface area contributed by atoms with Gasteiger partial charge in [0.1, 0.15) is 11.6 Å². The van der Waals surface area contributed by atoms with Crippen molar-refractivity contribution in [2.75, 3.05) is 0 Å². The average molecular weight is 375 g/mol. The van der Waals surface area contributed by atoms with Crippen LogP contribution in [-0.2, 0) is 0 Å². The zero-order valence-electron chi connectivity index (χ0n) is 10.2. The first-order valence-electron chi connectivity index (χ1n) is 5.48. The quantitative estimate of drug-likeness (QED) is 0.440. The van der Waals surface area contributed by atoms with Crippen molar-refractivity contribution < 1.29 is 18.8 Å². The average Bonchev–Trinajstić information content (AvgIpc) is 2.42. The summed E-state index contributed by atoms with van der Waals surface area (Å²) in [7, 11) is 0. The summed E-state index contributed by atoms with van der Waals surface area (Å²) in [6, 6.07) is 6.02. The first-order chi connectivity index (χ1) is 9.92.